The molecular weight excluding hydrogens is 174 g/mol. The number of methoxy groups -OCH3 is 1. The van der Waals surface area contributed by atoms with Crippen LogP contribution < -0.4 is 0 Å². The van der Waals surface area contributed by atoms with Crippen molar-refractivity contribution in [3.05, 3.63) is 0 Å². The Balaban J connectivity index is 2.57. The summed E-state index contributed by atoms with van der Waals surface area (Å²) in [7, 11) is 1.42. The maximum atomic E-state index is 11.3. The van der Waals surface area contributed by atoms with E-state index in [1.54, 1.807) is 0 Å². The van der Waals surface area contributed by atoms with E-state index < -0.39 is 12.0 Å². The van der Waals surface area contributed by atoms with Crippen LogP contribution in [0.25, 0.3) is 0 Å². The van der Waals surface area contributed by atoms with Crippen molar-refractivity contribution in [2.24, 2.45) is 0 Å². The molecule has 0 spiro atoms. The molecular formula is C8H13NO4. The van der Waals surface area contributed by atoms with Crippen LogP contribution in [-0.4, -0.2) is 48.2 Å². The van der Waals surface area contributed by atoms with Gasteiger partial charge < -0.3 is 14.7 Å². The summed E-state index contributed by atoms with van der Waals surface area (Å²) in [5.74, 6) is -1.17. The number of hydrogen-bond acceptors (Lipinski definition) is 3. The molecule has 0 aliphatic carbocycles. The second kappa shape index (κ2) is 4.23. The number of ether oxygens (including phenoxy) is 1. The van der Waals surface area contributed by atoms with Crippen molar-refractivity contribution in [1.29, 1.82) is 0 Å². The van der Waals surface area contributed by atoms with Gasteiger partial charge in [-0.05, 0) is 12.8 Å². The molecule has 0 aromatic rings. The van der Waals surface area contributed by atoms with E-state index in [0.29, 0.717) is 13.0 Å². The highest BCUT2D eigenvalue weighted by atomic mass is 16.5. The number of hydrogen-bond donors (Lipinski definition) is 1. The average Bonchev–Trinajstić information content (AvgIpc) is 2.52. The highest BCUT2D eigenvalue weighted by Gasteiger charge is 2.33. The van der Waals surface area contributed by atoms with E-state index in [2.05, 4.69) is 4.74 Å². The zero-order valence-electron chi connectivity index (χ0n) is 7.52. The fourth-order valence-electron chi connectivity index (χ4n) is 1.53. The highest BCUT2D eigenvalue weighted by Crippen LogP contribution is 2.17. The molecule has 13 heavy (non-hydrogen) atoms. The number of carboxylic acids is 1. The van der Waals surface area contributed by atoms with Gasteiger partial charge in [-0.3, -0.25) is 4.79 Å². The molecule has 1 aliphatic rings. The summed E-state index contributed by atoms with van der Waals surface area (Å²) in [4.78, 5) is 23.4. The van der Waals surface area contributed by atoms with Crippen molar-refractivity contribution in [2.75, 3.05) is 20.3 Å². The fraction of sp³-hybridized carbons (Fsp3) is 0.750. The van der Waals surface area contributed by atoms with Gasteiger partial charge in [0.1, 0.15) is 12.6 Å². The van der Waals surface area contributed by atoms with Gasteiger partial charge >= 0.3 is 5.97 Å². The number of carbonyl (C=O) groups is 2. The van der Waals surface area contributed by atoms with E-state index in [9.17, 15) is 9.59 Å². The van der Waals surface area contributed by atoms with Crippen LogP contribution in [0.4, 0.5) is 0 Å². The maximum Gasteiger partial charge on any atom is 0.326 e. The molecule has 1 heterocycles. The Morgan fingerprint density at radius 1 is 1.62 bits per heavy atom. The summed E-state index contributed by atoms with van der Waals surface area (Å²) in [5.41, 5.74) is 0. The molecule has 1 fully saturated rings. The van der Waals surface area contributed by atoms with Crippen molar-refractivity contribution < 1.29 is 19.4 Å². The van der Waals surface area contributed by atoms with E-state index in [-0.39, 0.29) is 12.5 Å². The Labute approximate surface area is 76.3 Å². The van der Waals surface area contributed by atoms with Crippen molar-refractivity contribution in [3.8, 4) is 0 Å². The molecule has 0 aromatic carbocycles. The summed E-state index contributed by atoms with van der Waals surface area (Å²) in [6.45, 7) is 0.489. The summed E-state index contributed by atoms with van der Waals surface area (Å²) in [6.07, 6.45) is 1.30. The SMILES string of the molecule is COCC(=O)N1CCC[C@H]1C(=O)O. The van der Waals surface area contributed by atoms with Gasteiger partial charge in [-0.15, -0.1) is 0 Å². The molecule has 1 aliphatic heterocycles. The standard InChI is InChI=1S/C8H13NO4/c1-13-5-7(10)9-4-2-3-6(9)8(11)12/h6H,2-5H2,1H3,(H,11,12)/t6-/m0/s1. The molecule has 1 N–H and O–H groups in total. The molecule has 0 aromatic heterocycles. The molecule has 5 heteroatoms. The summed E-state index contributed by atoms with van der Waals surface area (Å²) >= 11 is 0. The lowest BCUT2D eigenvalue weighted by Crippen LogP contribution is -2.42. The van der Waals surface area contributed by atoms with E-state index in [1.165, 1.54) is 12.0 Å². The molecule has 0 saturated carbocycles. The zero-order chi connectivity index (χ0) is 9.84. The first-order chi connectivity index (χ1) is 6.16. The number of rotatable bonds is 3. The minimum Gasteiger partial charge on any atom is -0.480 e. The summed E-state index contributed by atoms with van der Waals surface area (Å²) in [5, 5.41) is 8.77. The first-order valence-corrected chi connectivity index (χ1v) is 4.18. The maximum absolute atomic E-state index is 11.3. The Bertz CT molecular complexity index is 216. The number of aliphatic carboxylic acids is 1. The Morgan fingerprint density at radius 2 is 2.31 bits per heavy atom. The van der Waals surface area contributed by atoms with Crippen molar-refractivity contribution in [2.45, 2.75) is 18.9 Å². The van der Waals surface area contributed by atoms with E-state index in [4.69, 9.17) is 5.11 Å². The summed E-state index contributed by atoms with van der Waals surface area (Å²) in [6, 6.07) is -0.650. The Hall–Kier alpha value is -1.10. The number of nitrogens with zero attached hydrogens (tertiary/aromatic N) is 1. The molecule has 1 rings (SSSR count). The second-order valence-corrected chi connectivity index (χ2v) is 3.02. The monoisotopic (exact) mass is 187 g/mol. The van der Waals surface area contributed by atoms with Gasteiger partial charge in [-0.25, -0.2) is 4.79 Å². The average molecular weight is 187 g/mol. The van der Waals surface area contributed by atoms with Gasteiger partial charge in [0.25, 0.3) is 0 Å². The Kier molecular flexibility index (Phi) is 3.25. The van der Waals surface area contributed by atoms with Gasteiger partial charge in [0.2, 0.25) is 5.91 Å². The number of carboxylic acid groups (broad SMARTS) is 1. The largest absolute Gasteiger partial charge is 0.480 e. The van der Waals surface area contributed by atoms with Crippen molar-refractivity contribution >= 4 is 11.9 Å². The molecule has 1 atom stereocenters. The van der Waals surface area contributed by atoms with Crippen LogP contribution in [0.5, 0.6) is 0 Å². The van der Waals surface area contributed by atoms with Crippen molar-refractivity contribution in [1.82, 2.24) is 4.90 Å². The second-order valence-electron chi connectivity index (χ2n) is 3.02. The molecule has 0 bridgehead atoms. The smallest absolute Gasteiger partial charge is 0.326 e. The van der Waals surface area contributed by atoms with E-state index in [1.807, 2.05) is 0 Å². The third kappa shape index (κ3) is 2.18. The molecule has 1 amide bonds. The van der Waals surface area contributed by atoms with Crippen LogP contribution in [-0.2, 0) is 14.3 Å². The Morgan fingerprint density at radius 3 is 2.85 bits per heavy atom. The van der Waals surface area contributed by atoms with Crippen LogP contribution >= 0.6 is 0 Å². The third-order valence-corrected chi connectivity index (χ3v) is 2.13. The first kappa shape index (κ1) is 9.98. The van der Waals surface area contributed by atoms with Crippen LogP contribution in [0.2, 0.25) is 0 Å². The van der Waals surface area contributed by atoms with E-state index >= 15 is 0 Å². The normalized spacial score (nSPS) is 21.9. The van der Waals surface area contributed by atoms with Gasteiger partial charge in [-0.1, -0.05) is 0 Å². The van der Waals surface area contributed by atoms with Crippen LogP contribution in [0.15, 0.2) is 0 Å². The predicted molar refractivity (Wildman–Crippen MR) is 44.2 cm³/mol. The first-order valence-electron chi connectivity index (χ1n) is 4.18. The van der Waals surface area contributed by atoms with Crippen LogP contribution in [0, 0.1) is 0 Å². The highest BCUT2D eigenvalue weighted by molar-refractivity contribution is 5.84. The molecule has 5 nitrogen and oxygen atoms in total. The number of amides is 1. The minimum atomic E-state index is -0.929. The van der Waals surface area contributed by atoms with Gasteiger partial charge in [0, 0.05) is 13.7 Å². The van der Waals surface area contributed by atoms with Gasteiger partial charge in [-0.2, -0.15) is 0 Å². The number of carbonyl (C=O) groups excluding carboxylic acids is 1. The van der Waals surface area contributed by atoms with Crippen molar-refractivity contribution in [3.63, 3.8) is 0 Å². The molecule has 74 valence electrons. The van der Waals surface area contributed by atoms with Gasteiger partial charge in [0.05, 0.1) is 0 Å². The molecule has 1 saturated heterocycles. The quantitative estimate of drug-likeness (QED) is 0.659. The fourth-order valence-corrected chi connectivity index (χ4v) is 1.53. The van der Waals surface area contributed by atoms with E-state index in [0.717, 1.165) is 6.42 Å². The third-order valence-electron chi connectivity index (χ3n) is 2.13. The lowest BCUT2D eigenvalue weighted by molar-refractivity contribution is -0.149. The molecule has 0 unspecified atom stereocenters. The topological polar surface area (TPSA) is 66.8 Å². The van der Waals surface area contributed by atoms with Gasteiger partial charge in [0.15, 0.2) is 0 Å². The molecule has 0 radical (unpaired) electrons. The lowest BCUT2D eigenvalue weighted by atomic mass is 10.2. The zero-order valence-corrected chi connectivity index (χ0v) is 7.52. The van der Waals surface area contributed by atoms with Crippen LogP contribution in [0.1, 0.15) is 12.8 Å². The minimum absolute atomic E-state index is 0.0379. The number of likely N-dealkylation sites (tertiary alicyclic amines) is 1. The predicted octanol–water partition coefficient (Wildman–Crippen LogP) is -0.292. The van der Waals surface area contributed by atoms with Crippen LogP contribution in [0.3, 0.4) is 0 Å². The lowest BCUT2D eigenvalue weighted by Gasteiger charge is -2.20. The summed E-state index contributed by atoms with van der Waals surface area (Å²) < 4.78 is 4.66.